The molecule has 7 heteroatoms. The zero-order valence-electron chi connectivity index (χ0n) is 14.0. The molecule has 7 nitrogen and oxygen atoms in total. The Balaban J connectivity index is 2.14. The largest absolute Gasteiger partial charge is 0.462 e. The molecule has 0 spiro atoms. The van der Waals surface area contributed by atoms with E-state index in [0.717, 1.165) is 11.3 Å². The Morgan fingerprint density at radius 2 is 2.00 bits per heavy atom. The Bertz CT molecular complexity index is 714. The van der Waals surface area contributed by atoms with Crippen LogP contribution in [-0.4, -0.2) is 34.3 Å². The molecule has 0 saturated carbocycles. The second-order valence-electron chi connectivity index (χ2n) is 5.96. The van der Waals surface area contributed by atoms with E-state index in [9.17, 15) is 9.90 Å². The molecule has 1 aromatic heterocycles. The zero-order chi connectivity index (χ0) is 17.7. The summed E-state index contributed by atoms with van der Waals surface area (Å²) >= 11 is 0. The number of benzene rings is 1. The SMILES string of the molecule is CCOC(=O)c1cnc(Nc2ccc(C(C)(C)CO)cc2)nc1N. The highest BCUT2D eigenvalue weighted by molar-refractivity contribution is 5.93. The van der Waals surface area contributed by atoms with E-state index >= 15 is 0 Å². The van der Waals surface area contributed by atoms with Crippen molar-refractivity contribution in [2.75, 3.05) is 24.3 Å². The summed E-state index contributed by atoms with van der Waals surface area (Å²) in [5.74, 6) is -0.198. The van der Waals surface area contributed by atoms with Crippen LogP contribution in [0.1, 0.15) is 36.7 Å². The van der Waals surface area contributed by atoms with Crippen molar-refractivity contribution in [1.82, 2.24) is 9.97 Å². The molecule has 4 N–H and O–H groups in total. The highest BCUT2D eigenvalue weighted by Crippen LogP contribution is 2.24. The number of ether oxygens (including phenoxy) is 1. The topological polar surface area (TPSA) is 110 Å². The van der Waals surface area contributed by atoms with E-state index < -0.39 is 5.97 Å². The van der Waals surface area contributed by atoms with Gasteiger partial charge in [0.05, 0.1) is 13.2 Å². The Morgan fingerprint density at radius 1 is 1.33 bits per heavy atom. The molecule has 0 atom stereocenters. The number of nitrogens with two attached hydrogens (primary N) is 1. The minimum absolute atomic E-state index is 0.0592. The van der Waals surface area contributed by atoms with Gasteiger partial charge in [0, 0.05) is 17.3 Å². The predicted molar refractivity (Wildman–Crippen MR) is 92.2 cm³/mol. The smallest absolute Gasteiger partial charge is 0.343 e. The summed E-state index contributed by atoms with van der Waals surface area (Å²) in [4.78, 5) is 19.8. The number of hydrogen-bond donors (Lipinski definition) is 3. The molecule has 1 aromatic carbocycles. The summed E-state index contributed by atoms with van der Waals surface area (Å²) in [6, 6.07) is 7.58. The normalized spacial score (nSPS) is 11.2. The first-order valence-electron chi connectivity index (χ1n) is 7.65. The van der Waals surface area contributed by atoms with Gasteiger partial charge in [0.15, 0.2) is 0 Å². The number of aromatic nitrogens is 2. The first-order valence-corrected chi connectivity index (χ1v) is 7.65. The fourth-order valence-electron chi connectivity index (χ4n) is 2.05. The lowest BCUT2D eigenvalue weighted by atomic mass is 9.86. The molecule has 0 unspecified atom stereocenters. The van der Waals surface area contributed by atoms with Gasteiger partial charge in [0.25, 0.3) is 0 Å². The summed E-state index contributed by atoms with van der Waals surface area (Å²) in [5, 5.41) is 12.4. The van der Waals surface area contributed by atoms with E-state index in [0.29, 0.717) is 0 Å². The van der Waals surface area contributed by atoms with Gasteiger partial charge in [-0.15, -0.1) is 0 Å². The highest BCUT2D eigenvalue weighted by Gasteiger charge is 2.19. The first kappa shape index (κ1) is 17.7. The molecule has 24 heavy (non-hydrogen) atoms. The third-order valence-electron chi connectivity index (χ3n) is 3.63. The van der Waals surface area contributed by atoms with Crippen LogP contribution in [0, 0.1) is 0 Å². The Kier molecular flexibility index (Phi) is 5.35. The molecular formula is C17H22N4O3. The van der Waals surface area contributed by atoms with Crippen molar-refractivity contribution in [3.63, 3.8) is 0 Å². The standard InChI is InChI=1S/C17H22N4O3/c1-4-24-15(23)13-9-19-16(21-14(13)18)20-12-7-5-11(6-8-12)17(2,3)10-22/h5-9,22H,4,10H2,1-3H3,(H3,18,19,20,21). The predicted octanol–water partition coefficient (Wildman–Crippen LogP) is 2.25. The highest BCUT2D eigenvalue weighted by atomic mass is 16.5. The van der Waals surface area contributed by atoms with Crippen LogP contribution in [0.5, 0.6) is 0 Å². The maximum atomic E-state index is 11.7. The third kappa shape index (κ3) is 3.99. The molecule has 0 aliphatic carbocycles. The molecule has 0 aliphatic rings. The van der Waals surface area contributed by atoms with Crippen LogP contribution in [0.25, 0.3) is 0 Å². The number of nitrogens with one attached hydrogen (secondary N) is 1. The number of nitrogen functional groups attached to an aromatic ring is 1. The van der Waals surface area contributed by atoms with Crippen molar-refractivity contribution < 1.29 is 14.6 Å². The number of esters is 1. The fraction of sp³-hybridized carbons (Fsp3) is 0.353. The monoisotopic (exact) mass is 330 g/mol. The number of carbonyl (C=O) groups excluding carboxylic acids is 1. The summed E-state index contributed by atoms with van der Waals surface area (Å²) in [7, 11) is 0. The summed E-state index contributed by atoms with van der Waals surface area (Å²) in [5.41, 5.74) is 7.42. The number of hydrogen-bond acceptors (Lipinski definition) is 7. The van der Waals surface area contributed by atoms with Crippen molar-refractivity contribution in [2.45, 2.75) is 26.2 Å². The number of aliphatic hydroxyl groups excluding tert-OH is 1. The van der Waals surface area contributed by atoms with Crippen LogP contribution >= 0.6 is 0 Å². The number of aliphatic hydroxyl groups is 1. The lowest BCUT2D eigenvalue weighted by Crippen LogP contribution is -2.21. The van der Waals surface area contributed by atoms with Crippen LogP contribution in [0.4, 0.5) is 17.5 Å². The molecule has 0 bridgehead atoms. The molecule has 0 amide bonds. The molecule has 128 valence electrons. The summed E-state index contributed by atoms with van der Waals surface area (Å²) in [6.45, 7) is 5.97. The van der Waals surface area contributed by atoms with Crippen molar-refractivity contribution >= 4 is 23.4 Å². The maximum Gasteiger partial charge on any atom is 0.343 e. The van der Waals surface area contributed by atoms with Gasteiger partial charge >= 0.3 is 5.97 Å². The van der Waals surface area contributed by atoms with Crippen LogP contribution in [-0.2, 0) is 10.2 Å². The van der Waals surface area contributed by atoms with Gasteiger partial charge in [-0.05, 0) is 24.6 Å². The molecule has 0 radical (unpaired) electrons. The van der Waals surface area contributed by atoms with Gasteiger partial charge in [-0.3, -0.25) is 0 Å². The number of nitrogens with zero attached hydrogens (tertiary/aromatic N) is 2. The van der Waals surface area contributed by atoms with E-state index in [2.05, 4.69) is 15.3 Å². The second kappa shape index (κ2) is 7.27. The summed E-state index contributed by atoms with van der Waals surface area (Å²) < 4.78 is 4.88. The van der Waals surface area contributed by atoms with Gasteiger partial charge < -0.3 is 20.9 Å². The zero-order valence-corrected chi connectivity index (χ0v) is 14.0. The van der Waals surface area contributed by atoms with Crippen molar-refractivity contribution in [3.8, 4) is 0 Å². The molecule has 0 aliphatic heterocycles. The quantitative estimate of drug-likeness (QED) is 0.697. The molecule has 0 fully saturated rings. The lowest BCUT2D eigenvalue weighted by Gasteiger charge is -2.22. The van der Waals surface area contributed by atoms with Gasteiger partial charge in [-0.1, -0.05) is 26.0 Å². The minimum Gasteiger partial charge on any atom is -0.462 e. The van der Waals surface area contributed by atoms with E-state index in [-0.39, 0.29) is 36.0 Å². The molecule has 0 saturated heterocycles. The molecule has 1 heterocycles. The number of rotatable bonds is 6. The average molecular weight is 330 g/mol. The van der Waals surface area contributed by atoms with Gasteiger partial charge in [0.2, 0.25) is 5.95 Å². The van der Waals surface area contributed by atoms with Crippen LogP contribution in [0.15, 0.2) is 30.5 Å². The van der Waals surface area contributed by atoms with Crippen LogP contribution < -0.4 is 11.1 Å². The number of anilines is 3. The Labute approximate surface area is 140 Å². The van der Waals surface area contributed by atoms with E-state index in [4.69, 9.17) is 10.5 Å². The van der Waals surface area contributed by atoms with Gasteiger partial charge in [-0.25, -0.2) is 9.78 Å². The first-order chi connectivity index (χ1) is 11.4. The molecular weight excluding hydrogens is 308 g/mol. The van der Waals surface area contributed by atoms with Crippen molar-refractivity contribution in [2.24, 2.45) is 0 Å². The maximum absolute atomic E-state index is 11.7. The Hall–Kier alpha value is -2.67. The third-order valence-corrected chi connectivity index (χ3v) is 3.63. The molecule has 2 rings (SSSR count). The van der Waals surface area contributed by atoms with Crippen LogP contribution in [0.3, 0.4) is 0 Å². The fourth-order valence-corrected chi connectivity index (χ4v) is 2.05. The van der Waals surface area contributed by atoms with Crippen molar-refractivity contribution in [3.05, 3.63) is 41.6 Å². The molecule has 2 aromatic rings. The van der Waals surface area contributed by atoms with Gasteiger partial charge in [-0.2, -0.15) is 4.98 Å². The minimum atomic E-state index is -0.544. The summed E-state index contributed by atoms with van der Waals surface area (Å²) in [6.07, 6.45) is 1.34. The average Bonchev–Trinajstić information content (AvgIpc) is 2.55. The lowest BCUT2D eigenvalue weighted by molar-refractivity contribution is 0.0527. The Morgan fingerprint density at radius 3 is 2.54 bits per heavy atom. The van der Waals surface area contributed by atoms with Crippen molar-refractivity contribution in [1.29, 1.82) is 0 Å². The van der Waals surface area contributed by atoms with Crippen LogP contribution in [0.2, 0.25) is 0 Å². The second-order valence-corrected chi connectivity index (χ2v) is 5.96. The van der Waals surface area contributed by atoms with E-state index in [1.54, 1.807) is 6.92 Å². The number of carbonyl (C=O) groups is 1. The van der Waals surface area contributed by atoms with E-state index in [1.807, 2.05) is 38.1 Å². The van der Waals surface area contributed by atoms with Gasteiger partial charge in [0.1, 0.15) is 11.4 Å². The van der Waals surface area contributed by atoms with E-state index in [1.165, 1.54) is 6.20 Å².